The van der Waals surface area contributed by atoms with Gasteiger partial charge in [0.15, 0.2) is 0 Å². The Morgan fingerprint density at radius 2 is 1.75 bits per heavy atom. The fourth-order valence-corrected chi connectivity index (χ4v) is 3.95. The summed E-state index contributed by atoms with van der Waals surface area (Å²) in [5, 5.41) is 5.27. The molecule has 4 nitrogen and oxygen atoms in total. The van der Waals surface area contributed by atoms with Gasteiger partial charge >= 0.3 is 5.97 Å². The van der Waals surface area contributed by atoms with Crippen LogP contribution in [0.25, 0.3) is 11.1 Å². The average Bonchev–Trinajstić information content (AvgIpc) is 3.07. The minimum atomic E-state index is -0.436. The fraction of sp³-hybridized carbons (Fsp3) is 0.182. The topological polar surface area (TPSA) is 55.4 Å². The summed E-state index contributed by atoms with van der Waals surface area (Å²) in [5.74, 6) is -0.614. The number of anilines is 1. The Labute approximate surface area is 176 Å². The molecule has 0 radical (unpaired) electrons. The Bertz CT molecular complexity index is 965. The van der Waals surface area contributed by atoms with Gasteiger partial charge in [-0.3, -0.25) is 4.79 Å². The highest BCUT2D eigenvalue weighted by Crippen LogP contribution is 2.36. The maximum Gasteiger partial charge on any atom is 0.342 e. The van der Waals surface area contributed by atoms with E-state index in [0.717, 1.165) is 21.2 Å². The van der Waals surface area contributed by atoms with Gasteiger partial charge in [-0.25, -0.2) is 4.79 Å². The fourth-order valence-electron chi connectivity index (χ4n) is 2.71. The minimum absolute atomic E-state index is 0.178. The second-order valence-electron chi connectivity index (χ2n) is 6.53. The quantitative estimate of drug-likeness (QED) is 0.467. The Morgan fingerprint density at radius 3 is 2.39 bits per heavy atom. The molecule has 6 heteroatoms. The molecule has 28 heavy (non-hydrogen) atoms. The molecule has 3 rings (SSSR count). The van der Waals surface area contributed by atoms with Crippen molar-refractivity contribution in [2.75, 3.05) is 5.32 Å². The van der Waals surface area contributed by atoms with E-state index in [1.54, 1.807) is 13.8 Å². The van der Waals surface area contributed by atoms with Crippen LogP contribution in [0.3, 0.4) is 0 Å². The van der Waals surface area contributed by atoms with Crippen LogP contribution in [0.2, 0.25) is 0 Å². The zero-order valence-corrected chi connectivity index (χ0v) is 18.0. The molecule has 0 aliphatic heterocycles. The lowest BCUT2D eigenvalue weighted by molar-refractivity contribution is -0.115. The monoisotopic (exact) mass is 457 g/mol. The Kier molecular flexibility index (Phi) is 6.65. The number of ether oxygens (including phenoxy) is 1. The van der Waals surface area contributed by atoms with Gasteiger partial charge in [0.1, 0.15) is 10.6 Å². The van der Waals surface area contributed by atoms with E-state index in [2.05, 4.69) is 21.2 Å². The van der Waals surface area contributed by atoms with Crippen molar-refractivity contribution < 1.29 is 14.3 Å². The van der Waals surface area contributed by atoms with Gasteiger partial charge in [0.05, 0.1) is 12.5 Å². The molecule has 0 aliphatic rings. The van der Waals surface area contributed by atoms with Gasteiger partial charge in [0, 0.05) is 15.4 Å². The van der Waals surface area contributed by atoms with E-state index >= 15 is 0 Å². The number of halogens is 1. The number of thiophene rings is 1. The third-order valence-corrected chi connectivity index (χ3v) is 5.38. The van der Waals surface area contributed by atoms with Crippen molar-refractivity contribution >= 4 is 44.1 Å². The van der Waals surface area contributed by atoms with Gasteiger partial charge in [0.25, 0.3) is 0 Å². The van der Waals surface area contributed by atoms with Crippen LogP contribution in [0.4, 0.5) is 5.00 Å². The largest absolute Gasteiger partial charge is 0.459 e. The lowest BCUT2D eigenvalue weighted by Crippen LogP contribution is -2.18. The first-order valence-corrected chi connectivity index (χ1v) is 10.5. The maximum absolute atomic E-state index is 12.7. The van der Waals surface area contributed by atoms with E-state index in [1.807, 2.05) is 60.0 Å². The summed E-state index contributed by atoms with van der Waals surface area (Å²) >= 11 is 4.71. The first-order chi connectivity index (χ1) is 13.4. The van der Waals surface area contributed by atoms with Crippen LogP contribution < -0.4 is 5.32 Å². The van der Waals surface area contributed by atoms with Crippen molar-refractivity contribution in [3.63, 3.8) is 0 Å². The van der Waals surface area contributed by atoms with E-state index in [4.69, 9.17) is 4.74 Å². The molecule has 0 aliphatic carbocycles. The first kappa shape index (κ1) is 20.3. The molecule has 3 aromatic rings. The summed E-state index contributed by atoms with van der Waals surface area (Å²) in [4.78, 5) is 25.3. The molecule has 0 unspecified atom stereocenters. The number of carbonyl (C=O) groups is 2. The minimum Gasteiger partial charge on any atom is -0.459 e. The second kappa shape index (κ2) is 9.17. The number of hydrogen-bond acceptors (Lipinski definition) is 4. The van der Waals surface area contributed by atoms with Crippen LogP contribution in [-0.2, 0) is 16.0 Å². The van der Waals surface area contributed by atoms with E-state index in [0.29, 0.717) is 10.6 Å². The molecule has 1 aromatic heterocycles. The average molecular weight is 458 g/mol. The van der Waals surface area contributed by atoms with Gasteiger partial charge in [-0.15, -0.1) is 11.3 Å². The Balaban J connectivity index is 1.87. The van der Waals surface area contributed by atoms with Crippen molar-refractivity contribution in [3.05, 3.63) is 75.6 Å². The maximum atomic E-state index is 12.7. The van der Waals surface area contributed by atoms with Crippen LogP contribution in [0.1, 0.15) is 29.8 Å². The SMILES string of the molecule is CC(C)OC(=O)c1c(-c2ccccc2)csc1NC(=O)Cc1ccc(Br)cc1. The van der Waals surface area contributed by atoms with E-state index in [1.165, 1.54) is 11.3 Å². The Morgan fingerprint density at radius 1 is 1.07 bits per heavy atom. The van der Waals surface area contributed by atoms with Crippen molar-refractivity contribution in [1.82, 2.24) is 0 Å². The van der Waals surface area contributed by atoms with Gasteiger partial charge in [0.2, 0.25) is 5.91 Å². The van der Waals surface area contributed by atoms with Gasteiger partial charge in [-0.05, 0) is 37.1 Å². The smallest absolute Gasteiger partial charge is 0.342 e. The molecule has 1 N–H and O–H groups in total. The van der Waals surface area contributed by atoms with E-state index in [9.17, 15) is 9.59 Å². The van der Waals surface area contributed by atoms with E-state index < -0.39 is 5.97 Å². The third kappa shape index (κ3) is 5.09. The highest BCUT2D eigenvalue weighted by molar-refractivity contribution is 9.10. The molecule has 144 valence electrons. The predicted molar refractivity (Wildman–Crippen MR) is 117 cm³/mol. The molecule has 1 amide bonds. The molecule has 0 bridgehead atoms. The molecule has 0 saturated heterocycles. The zero-order valence-electron chi connectivity index (χ0n) is 15.6. The highest BCUT2D eigenvalue weighted by Gasteiger charge is 2.23. The summed E-state index contributed by atoms with van der Waals surface area (Å²) in [6, 6.07) is 17.2. The normalized spacial score (nSPS) is 10.7. The zero-order chi connectivity index (χ0) is 20.1. The number of rotatable bonds is 6. The number of esters is 1. The standard InChI is InChI=1S/C22H20BrNO3S/c1-14(2)27-22(26)20-18(16-6-4-3-5-7-16)13-28-21(20)24-19(25)12-15-8-10-17(23)11-9-15/h3-11,13-14H,12H2,1-2H3,(H,24,25). The first-order valence-electron chi connectivity index (χ1n) is 8.86. The molecule has 0 saturated carbocycles. The van der Waals surface area contributed by atoms with Crippen LogP contribution >= 0.6 is 27.3 Å². The molecule has 1 heterocycles. The van der Waals surface area contributed by atoms with Crippen LogP contribution in [0, 0.1) is 0 Å². The number of carbonyl (C=O) groups excluding carboxylic acids is 2. The molecule has 0 spiro atoms. The van der Waals surface area contributed by atoms with Crippen LogP contribution in [-0.4, -0.2) is 18.0 Å². The summed E-state index contributed by atoms with van der Waals surface area (Å²) < 4.78 is 6.38. The van der Waals surface area contributed by atoms with Crippen LogP contribution in [0.15, 0.2) is 64.5 Å². The summed E-state index contributed by atoms with van der Waals surface area (Å²) in [6.45, 7) is 3.61. The molecular weight excluding hydrogens is 438 g/mol. The van der Waals surface area contributed by atoms with Crippen molar-refractivity contribution in [1.29, 1.82) is 0 Å². The molecule has 0 atom stereocenters. The third-order valence-electron chi connectivity index (χ3n) is 3.95. The highest BCUT2D eigenvalue weighted by atomic mass is 79.9. The molecular formula is C22H20BrNO3S. The van der Waals surface area contributed by atoms with Crippen molar-refractivity contribution in [2.45, 2.75) is 26.4 Å². The number of nitrogens with one attached hydrogen (secondary N) is 1. The number of amides is 1. The Hall–Kier alpha value is -2.44. The van der Waals surface area contributed by atoms with Crippen molar-refractivity contribution in [3.8, 4) is 11.1 Å². The second-order valence-corrected chi connectivity index (χ2v) is 8.32. The van der Waals surface area contributed by atoms with Gasteiger partial charge in [-0.1, -0.05) is 58.4 Å². The molecule has 0 fully saturated rings. The van der Waals surface area contributed by atoms with Gasteiger partial charge in [-0.2, -0.15) is 0 Å². The van der Waals surface area contributed by atoms with Crippen LogP contribution in [0.5, 0.6) is 0 Å². The molecule has 2 aromatic carbocycles. The lowest BCUT2D eigenvalue weighted by Gasteiger charge is -2.12. The van der Waals surface area contributed by atoms with E-state index in [-0.39, 0.29) is 18.4 Å². The van der Waals surface area contributed by atoms with Gasteiger partial charge < -0.3 is 10.1 Å². The summed E-state index contributed by atoms with van der Waals surface area (Å²) in [7, 11) is 0. The number of hydrogen-bond donors (Lipinski definition) is 1. The lowest BCUT2D eigenvalue weighted by atomic mass is 10.0. The summed E-state index contributed by atoms with van der Waals surface area (Å²) in [6.07, 6.45) is -0.0211. The summed E-state index contributed by atoms with van der Waals surface area (Å²) in [5.41, 5.74) is 2.96. The van der Waals surface area contributed by atoms with Crippen molar-refractivity contribution in [2.24, 2.45) is 0 Å². The number of benzene rings is 2. The predicted octanol–water partition coefficient (Wildman–Crippen LogP) is 5.92.